The second-order valence-corrected chi connectivity index (χ2v) is 18.3. The second kappa shape index (κ2) is 19.9. The minimum Gasteiger partial charge on any atom is -0.691 e. The molecule has 0 saturated carbocycles. The van der Waals surface area contributed by atoms with Crippen molar-refractivity contribution in [2.75, 3.05) is 26.4 Å². The first kappa shape index (κ1) is 36.0. The molecular weight excluding hydrogens is 536 g/mol. The molecule has 0 spiro atoms. The van der Waals surface area contributed by atoms with E-state index in [-0.39, 0.29) is 19.5 Å². The van der Waals surface area contributed by atoms with Crippen molar-refractivity contribution in [3.05, 3.63) is 0 Å². The van der Waals surface area contributed by atoms with Crippen molar-refractivity contribution in [2.45, 2.75) is 68.2 Å². The number of hydrogen-bond acceptors (Lipinski definition) is 8. The van der Waals surface area contributed by atoms with Gasteiger partial charge < -0.3 is 42.6 Å². The van der Waals surface area contributed by atoms with Crippen LogP contribution in [0.25, 0.3) is 0 Å². The molecule has 0 radical (unpaired) electrons. The van der Waals surface area contributed by atoms with Gasteiger partial charge in [-0.15, -0.1) is 0 Å². The van der Waals surface area contributed by atoms with E-state index in [0.29, 0.717) is 50.1 Å². The molecular formula is C18H40O4P2S4Zn. The molecule has 2 unspecified atom stereocenters. The minimum atomic E-state index is -2.39. The van der Waals surface area contributed by atoms with E-state index in [1.165, 1.54) is 0 Å². The van der Waals surface area contributed by atoms with E-state index in [1.807, 2.05) is 0 Å². The predicted octanol–water partition coefficient (Wildman–Crippen LogP) is 6.98. The summed E-state index contributed by atoms with van der Waals surface area (Å²) in [7, 11) is 0. The molecule has 0 aliphatic carbocycles. The molecule has 0 aromatic rings. The van der Waals surface area contributed by atoms with Crippen LogP contribution in [-0.2, 0) is 85.7 Å². The molecule has 0 aromatic carbocycles. The van der Waals surface area contributed by atoms with Gasteiger partial charge in [0.1, 0.15) is 0 Å². The third-order valence-corrected chi connectivity index (χ3v) is 7.48. The van der Waals surface area contributed by atoms with Crippen LogP contribution in [0.3, 0.4) is 0 Å². The summed E-state index contributed by atoms with van der Waals surface area (Å²) in [6.07, 6.45) is 1.97. The quantitative estimate of drug-likeness (QED) is 0.125. The molecule has 0 amide bonds. The van der Waals surface area contributed by atoms with E-state index in [0.717, 1.165) is 12.8 Å². The molecule has 0 aromatic heterocycles. The Morgan fingerprint density at radius 2 is 0.862 bits per heavy atom. The minimum absolute atomic E-state index is 0. The van der Waals surface area contributed by atoms with Gasteiger partial charge in [-0.25, -0.2) is 0 Å². The van der Waals surface area contributed by atoms with Gasteiger partial charge in [0.05, 0.1) is 37.8 Å². The van der Waals surface area contributed by atoms with Crippen LogP contribution in [0.4, 0.5) is 0 Å². The first-order chi connectivity index (χ1) is 12.7. The summed E-state index contributed by atoms with van der Waals surface area (Å²) in [6.45, 7) is 19.3. The zero-order chi connectivity index (χ0) is 22.4. The van der Waals surface area contributed by atoms with Gasteiger partial charge in [0.15, 0.2) is 0 Å². The number of hydrogen-bond donors (Lipinski definition) is 0. The second-order valence-electron chi connectivity index (χ2n) is 8.31. The molecule has 0 rings (SSSR count). The monoisotopic (exact) mass is 574 g/mol. The first-order valence-corrected chi connectivity index (χ1v) is 17.2. The van der Waals surface area contributed by atoms with Crippen LogP contribution in [0.2, 0.25) is 0 Å². The molecule has 0 aliphatic heterocycles. The van der Waals surface area contributed by atoms with Crippen molar-refractivity contribution >= 4 is 59.5 Å². The van der Waals surface area contributed by atoms with Crippen molar-refractivity contribution in [1.29, 1.82) is 0 Å². The van der Waals surface area contributed by atoms with Crippen LogP contribution in [0, 0.1) is 23.7 Å². The average Bonchev–Trinajstić information content (AvgIpc) is 2.51. The Hall–Kier alpha value is 2.46. The summed E-state index contributed by atoms with van der Waals surface area (Å²) >= 11 is 20.4. The molecule has 0 N–H and O–H groups in total. The average molecular weight is 576 g/mol. The molecule has 4 nitrogen and oxygen atoms in total. The van der Waals surface area contributed by atoms with Crippen LogP contribution in [0.1, 0.15) is 68.2 Å². The smallest absolute Gasteiger partial charge is 0.691 e. The van der Waals surface area contributed by atoms with Crippen molar-refractivity contribution in [3.63, 3.8) is 0 Å². The fraction of sp³-hybridized carbons (Fsp3) is 1.00. The van der Waals surface area contributed by atoms with Gasteiger partial charge in [0.25, 0.3) is 0 Å². The summed E-state index contributed by atoms with van der Waals surface area (Å²) in [4.78, 5) is 0. The van der Waals surface area contributed by atoms with Gasteiger partial charge in [-0.1, -0.05) is 79.0 Å². The van der Waals surface area contributed by atoms with Crippen LogP contribution in [-0.4, -0.2) is 26.4 Å². The van der Waals surface area contributed by atoms with Crippen molar-refractivity contribution in [1.82, 2.24) is 0 Å². The maximum Gasteiger partial charge on any atom is 2.00 e. The summed E-state index contributed by atoms with van der Waals surface area (Å²) in [5.41, 5.74) is -4.77. The SMILES string of the molecule is CC(C)CCOP(=S)([S-])OCC(C)C.CC(C)CCOP(=S)([S-])OCC(C)C.[Zn+2]. The normalized spacial score (nSPS) is 15.7. The Morgan fingerprint density at radius 3 is 1.07 bits per heavy atom. The molecule has 0 heterocycles. The topological polar surface area (TPSA) is 36.9 Å². The van der Waals surface area contributed by atoms with Gasteiger partial charge in [-0.3, -0.25) is 0 Å². The van der Waals surface area contributed by atoms with Gasteiger partial charge in [-0.2, -0.15) is 0 Å². The molecule has 0 bridgehead atoms. The van der Waals surface area contributed by atoms with Crippen LogP contribution < -0.4 is 0 Å². The molecule has 29 heavy (non-hydrogen) atoms. The molecule has 0 saturated heterocycles. The maximum atomic E-state index is 5.41. The van der Waals surface area contributed by atoms with Crippen molar-refractivity contribution in [2.24, 2.45) is 23.7 Å². The van der Waals surface area contributed by atoms with E-state index in [1.54, 1.807) is 0 Å². The van der Waals surface area contributed by atoms with Crippen LogP contribution in [0.5, 0.6) is 0 Å². The van der Waals surface area contributed by atoms with Crippen molar-refractivity contribution < 1.29 is 37.6 Å². The Balaban J connectivity index is -0.000000451. The molecule has 0 aliphatic rings. The largest absolute Gasteiger partial charge is 2.00 e. The first-order valence-electron chi connectivity index (χ1n) is 9.87. The Labute approximate surface area is 214 Å². The summed E-state index contributed by atoms with van der Waals surface area (Å²) in [5, 5.41) is 0. The Morgan fingerprint density at radius 1 is 0.586 bits per heavy atom. The van der Waals surface area contributed by atoms with Crippen LogP contribution in [0.15, 0.2) is 0 Å². The van der Waals surface area contributed by atoms with E-state index in [9.17, 15) is 0 Å². The Bertz CT molecular complexity index is 439. The molecule has 172 valence electrons. The van der Waals surface area contributed by atoms with Gasteiger partial charge in [0.2, 0.25) is 0 Å². The van der Waals surface area contributed by atoms with Crippen molar-refractivity contribution in [3.8, 4) is 0 Å². The molecule has 11 heteroatoms. The standard InChI is InChI=1S/2C9H21O2PS2.Zn/c2*1-8(2)5-6-10-12(13,14)11-7-9(3)4;/h2*8-9H,5-7H2,1-4H3,(H,13,14);/q;;+2/p-2. The summed E-state index contributed by atoms with van der Waals surface area (Å²) in [5.74, 6) is 2.14. The zero-order valence-corrected chi connectivity index (χ0v) is 27.4. The van der Waals surface area contributed by atoms with Gasteiger partial charge in [0, 0.05) is 0 Å². The predicted molar refractivity (Wildman–Crippen MR) is 136 cm³/mol. The fourth-order valence-electron chi connectivity index (χ4n) is 1.36. The van der Waals surface area contributed by atoms with Gasteiger partial charge in [-0.05, 0) is 36.5 Å². The number of rotatable bonds is 14. The van der Waals surface area contributed by atoms with Crippen LogP contribution >= 0.6 is 11.4 Å². The summed E-state index contributed by atoms with van der Waals surface area (Å²) in [6, 6.07) is 0. The van der Waals surface area contributed by atoms with E-state index in [2.05, 4.69) is 55.4 Å². The van der Waals surface area contributed by atoms with E-state index < -0.39 is 11.4 Å². The van der Waals surface area contributed by atoms with E-state index >= 15 is 0 Å². The molecule has 0 fully saturated rings. The molecule has 2 atom stereocenters. The third kappa shape index (κ3) is 30.5. The maximum absolute atomic E-state index is 5.41. The summed E-state index contributed by atoms with van der Waals surface area (Å²) < 4.78 is 21.6. The Kier molecular flexibility index (Phi) is 24.7. The third-order valence-electron chi connectivity index (χ3n) is 3.02. The fourth-order valence-corrected chi connectivity index (χ4v) is 4.75. The van der Waals surface area contributed by atoms with Gasteiger partial charge >= 0.3 is 19.5 Å². The van der Waals surface area contributed by atoms with E-state index in [4.69, 9.17) is 66.2 Å². The zero-order valence-electron chi connectivity index (χ0n) is 19.4.